The number of H-pyrrole nitrogens is 1. The topological polar surface area (TPSA) is 151 Å². The molecule has 3 aliphatic rings. The molecule has 4 aromatic rings. The van der Waals surface area contributed by atoms with Crippen molar-refractivity contribution in [3.05, 3.63) is 70.3 Å². The Bertz CT molecular complexity index is 1980. The van der Waals surface area contributed by atoms with Gasteiger partial charge in [0.2, 0.25) is 17.7 Å². The van der Waals surface area contributed by atoms with Gasteiger partial charge in [-0.2, -0.15) is 5.10 Å². The summed E-state index contributed by atoms with van der Waals surface area (Å²) >= 11 is 0. The molecule has 3 fully saturated rings. The highest BCUT2D eigenvalue weighted by Crippen LogP contribution is 2.39. The summed E-state index contributed by atoms with van der Waals surface area (Å²) in [6, 6.07) is 11.9. The van der Waals surface area contributed by atoms with E-state index in [1.54, 1.807) is 32.0 Å². The predicted molar refractivity (Wildman–Crippen MR) is 198 cm³/mol. The molecule has 0 aliphatic carbocycles. The highest BCUT2D eigenvalue weighted by molar-refractivity contribution is 6.01. The summed E-state index contributed by atoms with van der Waals surface area (Å²) in [4.78, 5) is 53.8. The lowest BCUT2D eigenvalue weighted by Crippen LogP contribution is -2.47. The van der Waals surface area contributed by atoms with Crippen molar-refractivity contribution in [3.8, 4) is 22.6 Å². The number of amides is 3. The summed E-state index contributed by atoms with van der Waals surface area (Å²) in [6.45, 7) is 3.68. The summed E-state index contributed by atoms with van der Waals surface area (Å²) in [7, 11) is 5.06. The van der Waals surface area contributed by atoms with Gasteiger partial charge >= 0.3 is 0 Å². The lowest BCUT2D eigenvalue weighted by molar-refractivity contribution is -0.135. The van der Waals surface area contributed by atoms with Crippen molar-refractivity contribution in [2.45, 2.75) is 56.9 Å². The zero-order chi connectivity index (χ0) is 36.4. The molecule has 0 radical (unpaired) electrons. The molecule has 0 spiro atoms. The van der Waals surface area contributed by atoms with Gasteiger partial charge in [0, 0.05) is 55.0 Å². The van der Waals surface area contributed by atoms with Crippen molar-refractivity contribution in [3.63, 3.8) is 0 Å². The van der Waals surface area contributed by atoms with E-state index >= 15 is 0 Å². The van der Waals surface area contributed by atoms with Crippen LogP contribution in [0.3, 0.4) is 0 Å². The van der Waals surface area contributed by atoms with Crippen LogP contribution in [-0.2, 0) is 27.9 Å². The van der Waals surface area contributed by atoms with Crippen LogP contribution in [0.5, 0.6) is 11.5 Å². The number of piperidine rings is 3. The molecule has 3 amide bonds. The molecule has 0 saturated carbocycles. The van der Waals surface area contributed by atoms with Crippen LogP contribution in [0.25, 0.3) is 22.0 Å². The SMILES string of the molecule is COc1cc(-c2cn(C)c(=O)c3[nH]ncc23)cc(OC)c1CC1CCN(C(=O)CN2CCC(c3ccc(NC4CCC(=O)NC4=O)cc3)CC2)CC1. The maximum absolute atomic E-state index is 13.4. The monoisotopic (exact) mass is 709 g/mol. The Labute approximate surface area is 302 Å². The molecule has 2 aromatic heterocycles. The molecule has 13 nitrogen and oxygen atoms in total. The molecule has 1 unspecified atom stereocenters. The van der Waals surface area contributed by atoms with E-state index in [-0.39, 0.29) is 23.3 Å². The fourth-order valence-electron chi connectivity index (χ4n) is 8.00. The average molecular weight is 710 g/mol. The van der Waals surface area contributed by atoms with E-state index in [2.05, 4.69) is 37.9 Å². The van der Waals surface area contributed by atoms with Crippen LogP contribution < -0.4 is 25.7 Å². The third-order valence-corrected chi connectivity index (χ3v) is 11.1. The first-order valence-electron chi connectivity index (χ1n) is 18.2. The van der Waals surface area contributed by atoms with Gasteiger partial charge in [-0.3, -0.25) is 34.5 Å². The van der Waals surface area contributed by atoms with Gasteiger partial charge in [0.15, 0.2) is 0 Å². The highest BCUT2D eigenvalue weighted by Gasteiger charge is 2.29. The average Bonchev–Trinajstić information content (AvgIpc) is 3.66. The Morgan fingerprint density at radius 1 is 0.942 bits per heavy atom. The molecular weight excluding hydrogens is 662 g/mol. The minimum atomic E-state index is -0.393. The standard InChI is InChI=1S/C39H47N7O6/c1-44-22-31(30-21-40-43-37(30)39(44)50)27-19-33(51-2)29(34(20-27)52-3)18-24-10-16-46(17-11-24)36(48)23-45-14-12-26(13-15-45)25-4-6-28(7-5-25)41-32-8-9-35(47)42-38(32)49/h4-7,19-22,24,26,32,41H,8-18,23H2,1-3H3,(H,40,43)(H,42,47,49). The minimum absolute atomic E-state index is 0.136. The molecule has 52 heavy (non-hydrogen) atoms. The number of aromatic amines is 1. The molecule has 3 N–H and O–H groups in total. The minimum Gasteiger partial charge on any atom is -0.496 e. The zero-order valence-electron chi connectivity index (χ0n) is 30.1. The largest absolute Gasteiger partial charge is 0.496 e. The number of benzene rings is 2. The van der Waals surface area contributed by atoms with Crippen molar-refractivity contribution < 1.29 is 23.9 Å². The number of pyridine rings is 1. The van der Waals surface area contributed by atoms with Crippen LogP contribution in [0.2, 0.25) is 0 Å². The zero-order valence-corrected chi connectivity index (χ0v) is 30.1. The van der Waals surface area contributed by atoms with Gasteiger partial charge in [-0.25, -0.2) is 0 Å². The second-order valence-electron chi connectivity index (χ2n) is 14.3. The molecule has 274 valence electrons. The fraction of sp³-hybridized carbons (Fsp3) is 0.462. The number of rotatable bonds is 10. The molecule has 0 bridgehead atoms. The van der Waals surface area contributed by atoms with E-state index in [4.69, 9.17) is 9.47 Å². The Balaban J connectivity index is 0.900. The van der Waals surface area contributed by atoms with Gasteiger partial charge < -0.3 is 24.3 Å². The number of nitrogens with zero attached hydrogens (tertiary/aromatic N) is 4. The summed E-state index contributed by atoms with van der Waals surface area (Å²) in [5.74, 6) is 2.00. The molecule has 5 heterocycles. The number of aromatic nitrogens is 3. The van der Waals surface area contributed by atoms with Gasteiger partial charge in [0.1, 0.15) is 23.1 Å². The van der Waals surface area contributed by atoms with Crippen LogP contribution >= 0.6 is 0 Å². The number of anilines is 1. The van der Waals surface area contributed by atoms with Gasteiger partial charge in [0.05, 0.1) is 27.0 Å². The van der Waals surface area contributed by atoms with E-state index in [0.717, 1.165) is 97.5 Å². The second kappa shape index (κ2) is 15.2. The number of hydrogen-bond acceptors (Lipinski definition) is 9. The van der Waals surface area contributed by atoms with E-state index in [0.29, 0.717) is 36.7 Å². The van der Waals surface area contributed by atoms with Crippen LogP contribution in [0, 0.1) is 5.92 Å². The van der Waals surface area contributed by atoms with Crippen molar-refractivity contribution in [1.82, 2.24) is 29.9 Å². The number of hydrogen-bond donors (Lipinski definition) is 3. The number of nitrogens with one attached hydrogen (secondary N) is 3. The van der Waals surface area contributed by atoms with Crippen molar-refractivity contribution in [2.75, 3.05) is 52.3 Å². The highest BCUT2D eigenvalue weighted by atomic mass is 16.5. The molecule has 7 rings (SSSR count). The molecule has 3 aliphatic heterocycles. The smallest absolute Gasteiger partial charge is 0.276 e. The maximum Gasteiger partial charge on any atom is 0.276 e. The summed E-state index contributed by atoms with van der Waals surface area (Å²) in [5, 5.41) is 13.3. The first-order chi connectivity index (χ1) is 25.2. The first kappa shape index (κ1) is 35.2. The van der Waals surface area contributed by atoms with E-state index < -0.39 is 6.04 Å². The number of aryl methyl sites for hydroxylation is 1. The molecule has 2 aromatic carbocycles. The second-order valence-corrected chi connectivity index (χ2v) is 14.3. The number of imide groups is 1. The van der Waals surface area contributed by atoms with Crippen LogP contribution in [0.1, 0.15) is 55.6 Å². The third-order valence-electron chi connectivity index (χ3n) is 11.1. The number of carbonyl (C=O) groups excluding carboxylic acids is 3. The van der Waals surface area contributed by atoms with Gasteiger partial charge in [-0.05, 0) is 98.8 Å². The first-order valence-corrected chi connectivity index (χ1v) is 18.2. The lowest BCUT2D eigenvalue weighted by Gasteiger charge is -2.36. The number of likely N-dealkylation sites (tertiary alicyclic amines) is 2. The summed E-state index contributed by atoms with van der Waals surface area (Å²) in [5.41, 5.74) is 5.21. The van der Waals surface area contributed by atoms with Crippen molar-refractivity contribution >= 4 is 34.3 Å². The lowest BCUT2D eigenvalue weighted by atomic mass is 9.88. The van der Waals surface area contributed by atoms with Gasteiger partial charge in [-0.1, -0.05) is 12.1 Å². The number of methoxy groups -OCH3 is 2. The van der Waals surface area contributed by atoms with E-state index in [1.165, 1.54) is 5.56 Å². The third kappa shape index (κ3) is 7.41. The van der Waals surface area contributed by atoms with Gasteiger partial charge in [-0.15, -0.1) is 0 Å². The molecule has 13 heteroatoms. The van der Waals surface area contributed by atoms with E-state index in [9.17, 15) is 19.2 Å². The van der Waals surface area contributed by atoms with Crippen molar-refractivity contribution in [1.29, 1.82) is 0 Å². The van der Waals surface area contributed by atoms with E-state index in [1.807, 2.05) is 35.4 Å². The Kier molecular flexibility index (Phi) is 10.3. The van der Waals surface area contributed by atoms with Crippen LogP contribution in [-0.4, -0.2) is 95.3 Å². The van der Waals surface area contributed by atoms with Crippen molar-refractivity contribution in [2.24, 2.45) is 13.0 Å². The van der Waals surface area contributed by atoms with Gasteiger partial charge in [0.25, 0.3) is 5.56 Å². The number of fused-ring (bicyclic) bond motifs is 1. The van der Waals surface area contributed by atoms with Crippen LogP contribution in [0.4, 0.5) is 5.69 Å². The number of ether oxygens (including phenoxy) is 2. The summed E-state index contributed by atoms with van der Waals surface area (Å²) < 4.78 is 13.3. The normalized spacial score (nSPS) is 19.1. The summed E-state index contributed by atoms with van der Waals surface area (Å²) in [6.07, 6.45) is 8.92. The number of carbonyl (C=O) groups is 3. The van der Waals surface area contributed by atoms with Crippen LogP contribution in [0.15, 0.2) is 53.6 Å². The molecule has 3 saturated heterocycles. The Morgan fingerprint density at radius 3 is 2.29 bits per heavy atom. The fourth-order valence-corrected chi connectivity index (χ4v) is 8.00. The Morgan fingerprint density at radius 2 is 1.63 bits per heavy atom. The molecule has 1 atom stereocenters. The quantitative estimate of drug-likeness (QED) is 0.209. The maximum atomic E-state index is 13.4. The molecular formula is C39H47N7O6. The predicted octanol–water partition coefficient (Wildman–Crippen LogP) is 3.82. The Hall–Kier alpha value is -5.17.